The zero-order valence-corrected chi connectivity index (χ0v) is 16.2. The number of carbonyl (C=O) groups is 3. The third kappa shape index (κ3) is 3.11. The Morgan fingerprint density at radius 3 is 2.61 bits per heavy atom. The van der Waals surface area contributed by atoms with Crippen LogP contribution in [0.5, 0.6) is 0 Å². The number of aromatic nitrogens is 1. The second-order valence-corrected chi connectivity index (χ2v) is 7.88. The van der Waals surface area contributed by atoms with Crippen LogP contribution >= 0.6 is 11.3 Å². The number of rotatable bonds is 4. The Labute approximate surface area is 165 Å². The van der Waals surface area contributed by atoms with Crippen LogP contribution in [0.1, 0.15) is 18.1 Å². The number of urea groups is 1. The molecule has 1 aliphatic rings. The summed E-state index contributed by atoms with van der Waals surface area (Å²) >= 11 is 1.34. The second kappa shape index (κ2) is 6.72. The molecule has 1 aromatic heterocycles. The minimum Gasteiger partial charge on any atom is -0.319 e. The number of nitrogens with one attached hydrogen (secondary N) is 2. The van der Waals surface area contributed by atoms with Crippen molar-refractivity contribution in [2.45, 2.75) is 19.4 Å². The molecule has 3 aromatic rings. The van der Waals surface area contributed by atoms with Crippen molar-refractivity contribution in [1.29, 1.82) is 0 Å². The number of para-hydroxylation sites is 1. The topological polar surface area (TPSA) is 91.4 Å². The number of hydrogen-bond donors (Lipinski definition) is 2. The second-order valence-electron chi connectivity index (χ2n) is 6.85. The van der Waals surface area contributed by atoms with Crippen molar-refractivity contribution in [3.05, 3.63) is 59.7 Å². The molecule has 0 unspecified atom stereocenters. The standard InChI is InChI=1S/C20H18N4O3S/c1-12-7-9-13(10-8-12)20(2)17(26)24(19(27)23-20)11-16(25)22-18-21-14-5-3-4-6-15(14)28-18/h3-10H,11H2,1-2H3,(H,23,27)(H,21,22,25)/t20-/m1/s1. The molecular formula is C20H18N4O3S. The van der Waals surface area contributed by atoms with Crippen LogP contribution in [-0.2, 0) is 15.1 Å². The number of anilines is 1. The van der Waals surface area contributed by atoms with Crippen LogP contribution in [0, 0.1) is 6.92 Å². The van der Waals surface area contributed by atoms with E-state index in [-0.39, 0.29) is 6.54 Å². The van der Waals surface area contributed by atoms with Gasteiger partial charge in [-0.3, -0.25) is 14.5 Å². The zero-order chi connectivity index (χ0) is 19.9. The van der Waals surface area contributed by atoms with Gasteiger partial charge in [-0.1, -0.05) is 53.3 Å². The molecule has 2 heterocycles. The van der Waals surface area contributed by atoms with Crippen molar-refractivity contribution in [2.24, 2.45) is 0 Å². The van der Waals surface area contributed by atoms with Gasteiger partial charge in [0.1, 0.15) is 12.1 Å². The number of hydrogen-bond acceptors (Lipinski definition) is 5. The molecule has 2 N–H and O–H groups in total. The first-order valence-corrected chi connectivity index (χ1v) is 9.55. The normalized spacial score (nSPS) is 19.1. The Bertz CT molecular complexity index is 1060. The SMILES string of the molecule is Cc1ccc([C@@]2(C)NC(=O)N(CC(=O)Nc3nc4ccccc4s3)C2=O)cc1. The predicted octanol–water partition coefficient (Wildman–Crippen LogP) is 3.01. The molecular weight excluding hydrogens is 376 g/mol. The average Bonchev–Trinajstić information content (AvgIpc) is 3.16. The average molecular weight is 394 g/mol. The quantitative estimate of drug-likeness (QED) is 0.666. The zero-order valence-electron chi connectivity index (χ0n) is 15.4. The van der Waals surface area contributed by atoms with Crippen LogP contribution in [0.15, 0.2) is 48.5 Å². The summed E-state index contributed by atoms with van der Waals surface area (Å²) in [6.07, 6.45) is 0. The summed E-state index contributed by atoms with van der Waals surface area (Å²) in [5.74, 6) is -0.934. The number of benzene rings is 2. The monoisotopic (exact) mass is 394 g/mol. The summed E-state index contributed by atoms with van der Waals surface area (Å²) in [7, 11) is 0. The van der Waals surface area contributed by atoms with Crippen LogP contribution in [0.4, 0.5) is 9.93 Å². The molecule has 7 nitrogen and oxygen atoms in total. The molecule has 0 spiro atoms. The molecule has 2 aromatic carbocycles. The van der Waals surface area contributed by atoms with Gasteiger partial charge in [-0.05, 0) is 31.5 Å². The summed E-state index contributed by atoms with van der Waals surface area (Å²) < 4.78 is 0.944. The number of aryl methyl sites for hydroxylation is 1. The minimum atomic E-state index is -1.19. The highest BCUT2D eigenvalue weighted by atomic mass is 32.1. The predicted molar refractivity (Wildman–Crippen MR) is 107 cm³/mol. The molecule has 4 rings (SSSR count). The Balaban J connectivity index is 1.49. The van der Waals surface area contributed by atoms with Crippen LogP contribution in [0.25, 0.3) is 10.2 Å². The van der Waals surface area contributed by atoms with Gasteiger partial charge in [-0.15, -0.1) is 0 Å². The summed E-state index contributed by atoms with van der Waals surface area (Å²) in [5.41, 5.74) is 1.31. The summed E-state index contributed by atoms with van der Waals surface area (Å²) in [5, 5.41) is 5.80. The molecule has 8 heteroatoms. The van der Waals surface area contributed by atoms with E-state index in [4.69, 9.17) is 0 Å². The van der Waals surface area contributed by atoms with E-state index >= 15 is 0 Å². The maximum atomic E-state index is 12.9. The van der Waals surface area contributed by atoms with Crippen molar-refractivity contribution in [3.63, 3.8) is 0 Å². The van der Waals surface area contributed by atoms with Crippen molar-refractivity contribution in [3.8, 4) is 0 Å². The largest absolute Gasteiger partial charge is 0.325 e. The van der Waals surface area contributed by atoms with Crippen LogP contribution in [0.3, 0.4) is 0 Å². The lowest BCUT2D eigenvalue weighted by atomic mass is 9.91. The van der Waals surface area contributed by atoms with Gasteiger partial charge in [-0.2, -0.15) is 0 Å². The first kappa shape index (κ1) is 18.1. The number of imide groups is 1. The fourth-order valence-electron chi connectivity index (χ4n) is 3.15. The third-order valence-electron chi connectivity index (χ3n) is 4.75. The van der Waals surface area contributed by atoms with E-state index < -0.39 is 23.4 Å². The number of nitrogens with zero attached hydrogens (tertiary/aromatic N) is 2. The van der Waals surface area contributed by atoms with Gasteiger partial charge in [0.15, 0.2) is 5.13 Å². The van der Waals surface area contributed by atoms with Crippen LogP contribution in [-0.4, -0.2) is 34.3 Å². The van der Waals surface area contributed by atoms with Gasteiger partial charge in [0, 0.05) is 0 Å². The van der Waals surface area contributed by atoms with Crippen LogP contribution < -0.4 is 10.6 Å². The van der Waals surface area contributed by atoms with Crippen molar-refractivity contribution in [1.82, 2.24) is 15.2 Å². The van der Waals surface area contributed by atoms with E-state index in [1.54, 1.807) is 19.1 Å². The molecule has 1 aliphatic heterocycles. The van der Waals surface area contributed by atoms with Gasteiger partial charge in [0.05, 0.1) is 10.2 Å². The summed E-state index contributed by atoms with van der Waals surface area (Å²) in [6, 6.07) is 14.3. The highest BCUT2D eigenvalue weighted by molar-refractivity contribution is 7.22. The fraction of sp³-hybridized carbons (Fsp3) is 0.200. The van der Waals surface area contributed by atoms with E-state index in [9.17, 15) is 14.4 Å². The third-order valence-corrected chi connectivity index (χ3v) is 5.70. The smallest absolute Gasteiger partial charge is 0.319 e. The van der Waals surface area contributed by atoms with Crippen molar-refractivity contribution in [2.75, 3.05) is 11.9 Å². The van der Waals surface area contributed by atoms with Gasteiger partial charge in [-0.25, -0.2) is 9.78 Å². The van der Waals surface area contributed by atoms with Gasteiger partial charge in [0.2, 0.25) is 5.91 Å². The molecule has 1 fully saturated rings. The Kier molecular flexibility index (Phi) is 4.35. The Hall–Kier alpha value is -3.26. The van der Waals surface area contributed by atoms with E-state index in [1.807, 2.05) is 43.3 Å². The van der Waals surface area contributed by atoms with Crippen molar-refractivity contribution < 1.29 is 14.4 Å². The minimum absolute atomic E-state index is 0.373. The lowest BCUT2D eigenvalue weighted by Gasteiger charge is -2.22. The highest BCUT2D eigenvalue weighted by Crippen LogP contribution is 2.29. The van der Waals surface area contributed by atoms with E-state index in [0.29, 0.717) is 10.7 Å². The molecule has 28 heavy (non-hydrogen) atoms. The number of thiazole rings is 1. The molecule has 1 saturated heterocycles. The first-order valence-electron chi connectivity index (χ1n) is 8.73. The molecule has 0 bridgehead atoms. The molecule has 1 atom stereocenters. The van der Waals surface area contributed by atoms with Gasteiger partial charge in [0.25, 0.3) is 5.91 Å². The lowest BCUT2D eigenvalue weighted by Crippen LogP contribution is -2.42. The van der Waals surface area contributed by atoms with Crippen LogP contribution in [0.2, 0.25) is 0 Å². The molecule has 4 amide bonds. The van der Waals surface area contributed by atoms with E-state index in [1.165, 1.54) is 11.3 Å². The van der Waals surface area contributed by atoms with Gasteiger partial charge < -0.3 is 10.6 Å². The van der Waals surface area contributed by atoms with Crippen molar-refractivity contribution >= 4 is 44.5 Å². The maximum Gasteiger partial charge on any atom is 0.325 e. The number of amides is 4. The lowest BCUT2D eigenvalue weighted by molar-refractivity contribution is -0.133. The molecule has 0 radical (unpaired) electrons. The number of carbonyl (C=O) groups excluding carboxylic acids is 3. The Morgan fingerprint density at radius 1 is 1.18 bits per heavy atom. The van der Waals surface area contributed by atoms with E-state index in [2.05, 4.69) is 15.6 Å². The number of fused-ring (bicyclic) bond motifs is 1. The molecule has 0 saturated carbocycles. The first-order chi connectivity index (χ1) is 13.4. The fourth-order valence-corrected chi connectivity index (χ4v) is 4.03. The highest BCUT2D eigenvalue weighted by Gasteiger charge is 2.49. The molecule has 0 aliphatic carbocycles. The summed E-state index contributed by atoms with van der Waals surface area (Å²) in [6.45, 7) is 3.21. The summed E-state index contributed by atoms with van der Waals surface area (Å²) in [4.78, 5) is 42.9. The maximum absolute atomic E-state index is 12.9. The Morgan fingerprint density at radius 2 is 1.89 bits per heavy atom. The van der Waals surface area contributed by atoms with Gasteiger partial charge >= 0.3 is 6.03 Å². The van der Waals surface area contributed by atoms with E-state index in [0.717, 1.165) is 20.7 Å². The molecule has 142 valence electrons.